The van der Waals surface area contributed by atoms with Crippen molar-refractivity contribution in [3.63, 3.8) is 0 Å². The van der Waals surface area contributed by atoms with Crippen molar-refractivity contribution < 1.29 is 0 Å². The summed E-state index contributed by atoms with van der Waals surface area (Å²) in [6.07, 6.45) is 1.83. The fourth-order valence-corrected chi connectivity index (χ4v) is 0.589. The summed E-state index contributed by atoms with van der Waals surface area (Å²) in [6.45, 7) is 3.63. The van der Waals surface area contributed by atoms with Crippen molar-refractivity contribution in [3.8, 4) is 12.1 Å². The van der Waals surface area contributed by atoms with Crippen LogP contribution in [0.4, 0.5) is 0 Å². The molecule has 0 saturated heterocycles. The third-order valence-electron chi connectivity index (χ3n) is 1.09. The number of hydrogen-bond donors (Lipinski definition) is 0. The van der Waals surface area contributed by atoms with Crippen molar-refractivity contribution in [1.82, 2.24) is 0 Å². The molecule has 0 saturated carbocycles. The van der Waals surface area contributed by atoms with Crippen molar-refractivity contribution in [2.75, 3.05) is 0 Å². The number of nitriles is 2. The Morgan fingerprint density at radius 2 is 1.54 bits per heavy atom. The highest BCUT2D eigenvalue weighted by Gasteiger charge is 1.75. The van der Waals surface area contributed by atoms with Crippen LogP contribution in [0.15, 0.2) is 36.9 Å². The van der Waals surface area contributed by atoms with Crippen LogP contribution in [-0.4, -0.2) is 8.41 Å². The van der Waals surface area contributed by atoms with Crippen LogP contribution in [0.5, 0.6) is 0 Å². The van der Waals surface area contributed by atoms with Gasteiger partial charge in [0.15, 0.2) is 12.1 Å². The predicted molar refractivity (Wildman–Crippen MR) is 57.7 cm³/mol. The highest BCUT2D eigenvalue weighted by atomic mass is 14.3. The van der Waals surface area contributed by atoms with Gasteiger partial charge in [-0.2, -0.15) is 10.5 Å². The summed E-state index contributed by atoms with van der Waals surface area (Å²) in [5.74, 6) is 0. The van der Waals surface area contributed by atoms with E-state index in [1.165, 1.54) is 17.7 Å². The minimum absolute atomic E-state index is 0. The summed E-state index contributed by atoms with van der Waals surface area (Å²) < 4.78 is 0. The van der Waals surface area contributed by atoms with E-state index in [2.05, 4.69) is 6.58 Å². The molecule has 0 aromatic heterocycles. The van der Waals surface area contributed by atoms with Crippen molar-refractivity contribution in [2.24, 2.45) is 0 Å². The molecule has 0 radical (unpaired) electrons. The van der Waals surface area contributed by atoms with Gasteiger partial charge in [-0.25, -0.2) is 0 Å². The molecular weight excluding hydrogens is 159 g/mol. The molecule has 0 bridgehead atoms. The second-order valence-electron chi connectivity index (χ2n) is 1.84. The molecular formula is C10H11BN2. The van der Waals surface area contributed by atoms with Gasteiger partial charge in [0.1, 0.15) is 0 Å². The highest BCUT2D eigenvalue weighted by Crippen LogP contribution is 1.97. The molecule has 0 unspecified atom stereocenters. The fraction of sp³-hybridized carbons (Fsp3) is 0. The summed E-state index contributed by atoms with van der Waals surface area (Å²) in [6, 6.07) is 12.5. The van der Waals surface area contributed by atoms with E-state index in [0.717, 1.165) is 0 Å². The van der Waals surface area contributed by atoms with Crippen LogP contribution in [0.25, 0.3) is 6.08 Å². The Bertz CT molecular complexity index is 294. The molecule has 13 heavy (non-hydrogen) atoms. The van der Waals surface area contributed by atoms with Gasteiger partial charge in [-0.15, -0.1) is 0 Å². The van der Waals surface area contributed by atoms with Crippen LogP contribution in [-0.2, 0) is 0 Å². The third-order valence-corrected chi connectivity index (χ3v) is 1.09. The summed E-state index contributed by atoms with van der Waals surface area (Å²) in [7, 11) is 0. The maximum Gasteiger partial charge on any atom is 0.181 e. The minimum Gasteiger partial charge on any atom is -0.181 e. The van der Waals surface area contributed by atoms with Gasteiger partial charge in [0, 0.05) is 0 Å². The molecule has 0 aliphatic rings. The molecule has 0 amide bonds. The molecule has 0 N–H and O–H groups in total. The number of rotatable bonds is 1. The first-order valence-corrected chi connectivity index (χ1v) is 3.30. The molecule has 0 aliphatic heterocycles. The minimum atomic E-state index is 0. The average molecular weight is 170 g/mol. The predicted octanol–water partition coefficient (Wildman–Crippen LogP) is 1.18. The van der Waals surface area contributed by atoms with E-state index in [4.69, 9.17) is 10.5 Å². The summed E-state index contributed by atoms with van der Waals surface area (Å²) >= 11 is 0. The lowest BCUT2D eigenvalue weighted by molar-refractivity contribution is 1.49. The van der Waals surface area contributed by atoms with E-state index >= 15 is 0 Å². The Kier molecular flexibility index (Phi) is 10.5. The molecule has 1 aromatic carbocycles. The van der Waals surface area contributed by atoms with Gasteiger partial charge in [-0.05, 0) is 5.56 Å². The zero-order chi connectivity index (χ0) is 9.23. The third kappa shape index (κ3) is 7.91. The van der Waals surface area contributed by atoms with Crippen molar-refractivity contribution in [3.05, 3.63) is 42.5 Å². The lowest BCUT2D eigenvalue weighted by Crippen LogP contribution is -1.63. The van der Waals surface area contributed by atoms with Gasteiger partial charge in [-0.1, -0.05) is 43.0 Å². The largest absolute Gasteiger partial charge is 0.181 e. The van der Waals surface area contributed by atoms with Gasteiger partial charge >= 0.3 is 0 Å². The van der Waals surface area contributed by atoms with Gasteiger partial charge in [0.25, 0.3) is 0 Å². The Morgan fingerprint density at radius 3 is 1.77 bits per heavy atom. The van der Waals surface area contributed by atoms with E-state index in [9.17, 15) is 0 Å². The monoisotopic (exact) mass is 170 g/mol. The second-order valence-corrected chi connectivity index (χ2v) is 1.84. The molecule has 1 aromatic rings. The second kappa shape index (κ2) is 10.0. The normalized spacial score (nSPS) is 6.00. The zero-order valence-corrected chi connectivity index (χ0v) is 6.57. The van der Waals surface area contributed by atoms with Crippen LogP contribution in [0.1, 0.15) is 5.56 Å². The molecule has 3 heteroatoms. The van der Waals surface area contributed by atoms with Crippen molar-refractivity contribution >= 4 is 14.5 Å². The first-order valence-electron chi connectivity index (χ1n) is 3.30. The number of nitrogens with zero attached hydrogens (tertiary/aromatic N) is 2. The van der Waals surface area contributed by atoms with E-state index in [-0.39, 0.29) is 8.41 Å². The first-order chi connectivity index (χ1) is 5.85. The van der Waals surface area contributed by atoms with E-state index < -0.39 is 0 Å². The Labute approximate surface area is 80.3 Å². The summed E-state index contributed by atoms with van der Waals surface area (Å²) in [4.78, 5) is 0. The standard InChI is InChI=1S/C8H8.C2N2.BH3/c1-2-8-6-4-3-5-7-8;3-1-2-4;/h2-7H,1H2;;1H3. The van der Waals surface area contributed by atoms with Crippen LogP contribution >= 0.6 is 0 Å². The zero-order valence-electron chi connectivity index (χ0n) is 6.57. The quantitative estimate of drug-likeness (QED) is 0.594. The average Bonchev–Trinajstić information content (AvgIpc) is 2.19. The number of hydrogen-bond acceptors (Lipinski definition) is 2. The topological polar surface area (TPSA) is 47.6 Å². The lowest BCUT2D eigenvalue weighted by atomic mass is 10.2. The molecule has 2 nitrogen and oxygen atoms in total. The Morgan fingerprint density at radius 1 is 1.08 bits per heavy atom. The van der Waals surface area contributed by atoms with Crippen LogP contribution in [0.2, 0.25) is 0 Å². The molecule has 0 spiro atoms. The smallest absolute Gasteiger partial charge is 0.181 e. The summed E-state index contributed by atoms with van der Waals surface area (Å²) in [5.41, 5.74) is 1.17. The number of benzene rings is 1. The molecule has 0 fully saturated rings. The maximum atomic E-state index is 7.26. The van der Waals surface area contributed by atoms with Crippen molar-refractivity contribution in [1.29, 1.82) is 10.5 Å². The van der Waals surface area contributed by atoms with E-state index in [1.807, 2.05) is 36.4 Å². The fourth-order valence-electron chi connectivity index (χ4n) is 0.589. The van der Waals surface area contributed by atoms with Gasteiger partial charge in [-0.3, -0.25) is 0 Å². The van der Waals surface area contributed by atoms with Gasteiger partial charge in [0.2, 0.25) is 0 Å². The van der Waals surface area contributed by atoms with Gasteiger partial charge < -0.3 is 0 Å². The molecule has 0 aliphatic carbocycles. The van der Waals surface area contributed by atoms with Crippen molar-refractivity contribution in [2.45, 2.75) is 0 Å². The van der Waals surface area contributed by atoms with Crippen LogP contribution in [0, 0.1) is 22.7 Å². The Hall–Kier alpha value is -2.00. The molecule has 0 heterocycles. The summed E-state index contributed by atoms with van der Waals surface area (Å²) in [5, 5.41) is 14.5. The SMILES string of the molecule is B.C=Cc1ccccc1.N#CC#N. The highest BCUT2D eigenvalue weighted by molar-refractivity contribution is 5.75. The maximum absolute atomic E-state index is 7.26. The molecule has 0 atom stereocenters. The molecule has 64 valence electrons. The first kappa shape index (κ1) is 13.6. The van der Waals surface area contributed by atoms with E-state index in [1.54, 1.807) is 0 Å². The molecule has 1 rings (SSSR count). The van der Waals surface area contributed by atoms with Gasteiger partial charge in [0.05, 0.1) is 8.41 Å². The van der Waals surface area contributed by atoms with E-state index in [0.29, 0.717) is 0 Å². The lowest BCUT2D eigenvalue weighted by Gasteiger charge is -1.85. The Balaban J connectivity index is 0. The van der Waals surface area contributed by atoms with Crippen LogP contribution in [0.3, 0.4) is 0 Å². The van der Waals surface area contributed by atoms with Crippen LogP contribution < -0.4 is 0 Å².